The van der Waals surface area contributed by atoms with E-state index in [0.29, 0.717) is 18.7 Å². The van der Waals surface area contributed by atoms with Gasteiger partial charge in [-0.25, -0.2) is 12.7 Å². The van der Waals surface area contributed by atoms with Crippen molar-refractivity contribution < 1.29 is 13.5 Å². The lowest BCUT2D eigenvalue weighted by Crippen LogP contribution is -2.29. The maximum absolute atomic E-state index is 12.5. The maximum atomic E-state index is 12.5. The summed E-state index contributed by atoms with van der Waals surface area (Å²) in [6.45, 7) is 1.61. The molecule has 8 heteroatoms. The van der Waals surface area contributed by atoms with E-state index in [4.69, 9.17) is 0 Å². The van der Waals surface area contributed by atoms with Gasteiger partial charge in [0.05, 0.1) is 12.3 Å². The van der Waals surface area contributed by atoms with E-state index in [0.717, 1.165) is 4.88 Å². The quantitative estimate of drug-likeness (QED) is 0.837. The van der Waals surface area contributed by atoms with E-state index in [-0.39, 0.29) is 10.6 Å². The molecule has 0 aromatic carbocycles. The van der Waals surface area contributed by atoms with Crippen molar-refractivity contribution in [2.45, 2.75) is 24.8 Å². The van der Waals surface area contributed by atoms with Crippen LogP contribution in [0.25, 0.3) is 0 Å². The fraction of sp³-hybridized carbons (Fsp3) is 0.417. The summed E-state index contributed by atoms with van der Waals surface area (Å²) < 4.78 is 26.3. The van der Waals surface area contributed by atoms with Gasteiger partial charge in [0.1, 0.15) is 10.6 Å². The van der Waals surface area contributed by atoms with Crippen molar-refractivity contribution in [3.8, 4) is 0 Å². The van der Waals surface area contributed by atoms with E-state index in [2.05, 4.69) is 10.2 Å². The van der Waals surface area contributed by atoms with Crippen LogP contribution < -0.4 is 0 Å². The monoisotopic (exact) mass is 315 g/mol. The molecular weight excluding hydrogens is 298 g/mol. The smallest absolute Gasteiger partial charge is 0.246 e. The molecule has 0 aliphatic rings. The molecule has 0 aliphatic carbocycles. The van der Waals surface area contributed by atoms with Gasteiger partial charge in [-0.05, 0) is 24.8 Å². The molecule has 0 aliphatic heterocycles. The van der Waals surface area contributed by atoms with Gasteiger partial charge in [-0.3, -0.25) is 5.10 Å². The SMILES string of the molecule is Cc1[nH]nc(CO)c1S(=O)(=O)N(C)CCc1cccs1. The number of nitrogens with zero attached hydrogens (tertiary/aromatic N) is 2. The third-order valence-electron chi connectivity index (χ3n) is 3.03. The summed E-state index contributed by atoms with van der Waals surface area (Å²) in [5.74, 6) is 0. The highest BCUT2D eigenvalue weighted by molar-refractivity contribution is 7.89. The molecule has 0 saturated carbocycles. The Morgan fingerprint density at radius 2 is 2.25 bits per heavy atom. The molecule has 0 unspecified atom stereocenters. The summed E-state index contributed by atoms with van der Waals surface area (Å²) in [7, 11) is -2.10. The first kappa shape index (κ1) is 15.2. The van der Waals surface area contributed by atoms with Gasteiger partial charge in [0, 0.05) is 18.5 Å². The average molecular weight is 315 g/mol. The molecule has 6 nitrogen and oxygen atoms in total. The summed E-state index contributed by atoms with van der Waals surface area (Å²) in [6, 6.07) is 3.92. The second kappa shape index (κ2) is 6.04. The molecule has 2 aromatic heterocycles. The number of nitrogens with one attached hydrogen (secondary N) is 1. The summed E-state index contributed by atoms with van der Waals surface area (Å²) in [5.41, 5.74) is 0.600. The molecule has 0 radical (unpaired) electrons. The van der Waals surface area contributed by atoms with E-state index in [9.17, 15) is 13.5 Å². The first-order chi connectivity index (χ1) is 9.46. The highest BCUT2D eigenvalue weighted by atomic mass is 32.2. The average Bonchev–Trinajstić information content (AvgIpc) is 3.04. The van der Waals surface area contributed by atoms with Crippen LogP contribution in [0.3, 0.4) is 0 Å². The van der Waals surface area contributed by atoms with Gasteiger partial charge >= 0.3 is 0 Å². The van der Waals surface area contributed by atoms with Gasteiger partial charge in [0.25, 0.3) is 0 Å². The summed E-state index contributed by atoms with van der Waals surface area (Å²) in [4.78, 5) is 1.21. The van der Waals surface area contributed by atoms with Gasteiger partial charge in [0.2, 0.25) is 10.0 Å². The van der Waals surface area contributed by atoms with E-state index in [1.54, 1.807) is 18.3 Å². The molecule has 0 bridgehead atoms. The van der Waals surface area contributed by atoms with Crippen LogP contribution in [0.2, 0.25) is 0 Å². The Bertz CT molecular complexity index is 662. The topological polar surface area (TPSA) is 86.3 Å². The molecule has 0 atom stereocenters. The molecule has 2 aromatic rings. The Labute approximate surface area is 122 Å². The zero-order valence-corrected chi connectivity index (χ0v) is 13.0. The molecular formula is C12H17N3O3S2. The molecule has 110 valence electrons. The number of sulfonamides is 1. The molecule has 0 spiro atoms. The number of aryl methyl sites for hydroxylation is 1. The number of aromatic nitrogens is 2. The van der Waals surface area contributed by atoms with Crippen LogP contribution in [0, 0.1) is 6.92 Å². The Kier molecular flexibility index (Phi) is 4.59. The van der Waals surface area contributed by atoms with Crippen molar-refractivity contribution in [3.05, 3.63) is 33.8 Å². The predicted octanol–water partition coefficient (Wildman–Crippen LogP) is 1.14. The van der Waals surface area contributed by atoms with Crippen LogP contribution in [0.1, 0.15) is 16.3 Å². The van der Waals surface area contributed by atoms with Crippen LogP contribution in [0.4, 0.5) is 0 Å². The van der Waals surface area contributed by atoms with Crippen LogP contribution in [0.15, 0.2) is 22.4 Å². The zero-order valence-electron chi connectivity index (χ0n) is 11.3. The molecule has 0 saturated heterocycles. The van der Waals surface area contributed by atoms with E-state index >= 15 is 0 Å². The Hall–Kier alpha value is -1.22. The van der Waals surface area contributed by atoms with Gasteiger partial charge in [-0.15, -0.1) is 11.3 Å². The molecule has 2 heterocycles. The fourth-order valence-corrected chi connectivity index (χ4v) is 4.10. The number of aliphatic hydroxyl groups excluding tert-OH is 1. The van der Waals surface area contributed by atoms with Crippen molar-refractivity contribution in [2.24, 2.45) is 0 Å². The Morgan fingerprint density at radius 3 is 2.85 bits per heavy atom. The number of aromatic amines is 1. The molecule has 0 fully saturated rings. The molecule has 2 rings (SSSR count). The summed E-state index contributed by atoms with van der Waals surface area (Å²) in [6.07, 6.45) is 0.665. The Morgan fingerprint density at radius 1 is 1.50 bits per heavy atom. The van der Waals surface area contributed by atoms with Crippen LogP contribution in [-0.4, -0.2) is 41.6 Å². The number of likely N-dealkylation sites (N-methyl/N-ethyl adjacent to an activating group) is 1. The minimum atomic E-state index is -3.64. The van der Waals surface area contributed by atoms with Gasteiger partial charge < -0.3 is 5.11 Å². The molecule has 0 amide bonds. The zero-order chi connectivity index (χ0) is 14.8. The lowest BCUT2D eigenvalue weighted by atomic mass is 10.3. The third kappa shape index (κ3) is 2.93. The summed E-state index contributed by atoms with van der Waals surface area (Å²) in [5, 5.41) is 17.6. The number of rotatable bonds is 6. The largest absolute Gasteiger partial charge is 0.390 e. The lowest BCUT2D eigenvalue weighted by molar-refractivity contribution is 0.273. The number of hydrogen-bond donors (Lipinski definition) is 2. The maximum Gasteiger partial charge on any atom is 0.246 e. The highest BCUT2D eigenvalue weighted by Gasteiger charge is 2.28. The first-order valence-corrected chi connectivity index (χ1v) is 8.42. The second-order valence-electron chi connectivity index (χ2n) is 4.44. The molecule has 2 N–H and O–H groups in total. The second-order valence-corrected chi connectivity index (χ2v) is 7.45. The lowest BCUT2D eigenvalue weighted by Gasteiger charge is -2.17. The van der Waals surface area contributed by atoms with Gasteiger partial charge in [-0.1, -0.05) is 6.07 Å². The van der Waals surface area contributed by atoms with Crippen molar-refractivity contribution >= 4 is 21.4 Å². The third-order valence-corrected chi connectivity index (χ3v) is 6.03. The predicted molar refractivity (Wildman–Crippen MR) is 77.1 cm³/mol. The number of aliphatic hydroxyl groups is 1. The fourth-order valence-electron chi connectivity index (χ4n) is 1.92. The number of thiophene rings is 1. The van der Waals surface area contributed by atoms with Gasteiger partial charge in [0.15, 0.2) is 0 Å². The van der Waals surface area contributed by atoms with E-state index < -0.39 is 16.6 Å². The summed E-state index contributed by atoms with van der Waals surface area (Å²) >= 11 is 1.60. The van der Waals surface area contributed by atoms with Crippen molar-refractivity contribution in [1.29, 1.82) is 0 Å². The van der Waals surface area contributed by atoms with Gasteiger partial charge in [-0.2, -0.15) is 5.10 Å². The van der Waals surface area contributed by atoms with Crippen molar-refractivity contribution in [2.75, 3.05) is 13.6 Å². The van der Waals surface area contributed by atoms with Crippen LogP contribution in [0.5, 0.6) is 0 Å². The first-order valence-electron chi connectivity index (χ1n) is 6.10. The number of H-pyrrole nitrogens is 1. The van der Waals surface area contributed by atoms with Crippen molar-refractivity contribution in [1.82, 2.24) is 14.5 Å². The number of hydrogen-bond acceptors (Lipinski definition) is 5. The van der Waals surface area contributed by atoms with E-state index in [1.807, 2.05) is 17.5 Å². The van der Waals surface area contributed by atoms with Crippen molar-refractivity contribution in [3.63, 3.8) is 0 Å². The normalized spacial score (nSPS) is 12.2. The van der Waals surface area contributed by atoms with Crippen LogP contribution >= 0.6 is 11.3 Å². The minimum absolute atomic E-state index is 0.0775. The minimum Gasteiger partial charge on any atom is -0.390 e. The highest BCUT2D eigenvalue weighted by Crippen LogP contribution is 2.22. The van der Waals surface area contributed by atoms with E-state index in [1.165, 1.54) is 11.4 Å². The van der Waals surface area contributed by atoms with Crippen LogP contribution in [-0.2, 0) is 23.1 Å². The Balaban J connectivity index is 2.18. The standard InChI is InChI=1S/C12H17N3O3S2/c1-9-12(11(8-16)14-13-9)20(17,18)15(2)6-5-10-4-3-7-19-10/h3-4,7,16H,5-6,8H2,1-2H3,(H,13,14). The molecule has 20 heavy (non-hydrogen) atoms.